The molecule has 1 aliphatic rings. The molecule has 138 valence electrons. The number of carbonyl (C=O) groups excluding carboxylic acids is 1. The summed E-state index contributed by atoms with van der Waals surface area (Å²) in [6, 6.07) is 6.97. The van der Waals surface area contributed by atoms with E-state index in [0.717, 1.165) is 24.1 Å². The number of esters is 1. The molecule has 0 spiro atoms. The number of alkyl halides is 1. The molecule has 2 rings (SSSR count). The fourth-order valence-corrected chi connectivity index (χ4v) is 3.69. The number of benzene rings is 1. The van der Waals surface area contributed by atoms with E-state index in [1.54, 1.807) is 13.0 Å². The first-order chi connectivity index (χ1) is 12.0. The summed E-state index contributed by atoms with van der Waals surface area (Å²) in [5.74, 6) is -0.356. The fraction of sp³-hybridized carbons (Fsp3) is 0.500. The van der Waals surface area contributed by atoms with Gasteiger partial charge in [0.2, 0.25) is 0 Å². The Bertz CT molecular complexity index is 625. The summed E-state index contributed by atoms with van der Waals surface area (Å²) < 4.78 is 10.2. The van der Waals surface area contributed by atoms with Crippen LogP contribution in [0.15, 0.2) is 35.9 Å². The van der Waals surface area contributed by atoms with Gasteiger partial charge in [-0.15, -0.1) is 0 Å². The summed E-state index contributed by atoms with van der Waals surface area (Å²) in [4.78, 5) is 14.0. The van der Waals surface area contributed by atoms with Gasteiger partial charge in [-0.1, -0.05) is 45.7 Å². The lowest BCUT2D eigenvalue weighted by Crippen LogP contribution is -2.44. The standard InChI is InChI=1S/C18H23BrClNO4/c1-3-25-16(22)10-12-11-21(9-8-14(12)19)17(18(23)24-2)13-6-4-5-7-15(13)20/h4-7,10,14,17-18,23H,3,8-9,11H2,1-2H3. The molecule has 1 N–H and O–H groups in total. The summed E-state index contributed by atoms with van der Waals surface area (Å²) >= 11 is 9.95. The molecule has 1 heterocycles. The molecule has 0 saturated carbocycles. The summed E-state index contributed by atoms with van der Waals surface area (Å²) in [5.41, 5.74) is 1.70. The topological polar surface area (TPSA) is 59.0 Å². The van der Waals surface area contributed by atoms with E-state index < -0.39 is 12.3 Å². The number of halogens is 2. The Kier molecular flexibility index (Phi) is 7.90. The molecule has 3 unspecified atom stereocenters. The minimum atomic E-state index is -1.03. The van der Waals surface area contributed by atoms with Gasteiger partial charge in [0.15, 0.2) is 6.29 Å². The average Bonchev–Trinajstić information content (AvgIpc) is 2.59. The van der Waals surface area contributed by atoms with Crippen molar-refractivity contribution < 1.29 is 19.4 Å². The van der Waals surface area contributed by atoms with Gasteiger partial charge in [0, 0.05) is 36.1 Å². The number of rotatable bonds is 6. The van der Waals surface area contributed by atoms with Gasteiger partial charge in [-0.2, -0.15) is 0 Å². The Balaban J connectivity index is 2.29. The summed E-state index contributed by atoms with van der Waals surface area (Å²) in [6.07, 6.45) is 1.29. The molecule has 1 aromatic rings. The molecule has 0 aromatic heterocycles. The Morgan fingerprint density at radius 3 is 2.88 bits per heavy atom. The van der Waals surface area contributed by atoms with E-state index in [-0.39, 0.29) is 10.8 Å². The number of hydrogen-bond donors (Lipinski definition) is 1. The van der Waals surface area contributed by atoms with Gasteiger partial charge >= 0.3 is 5.97 Å². The molecule has 1 saturated heterocycles. The number of ether oxygens (including phenoxy) is 2. The summed E-state index contributed by atoms with van der Waals surface area (Å²) in [6.45, 7) is 3.35. The van der Waals surface area contributed by atoms with E-state index in [2.05, 4.69) is 20.8 Å². The Labute approximate surface area is 161 Å². The van der Waals surface area contributed by atoms with Gasteiger partial charge in [0.25, 0.3) is 0 Å². The first-order valence-electron chi connectivity index (χ1n) is 8.18. The van der Waals surface area contributed by atoms with Crippen LogP contribution in [0, 0.1) is 0 Å². The number of nitrogens with zero attached hydrogens (tertiary/aromatic N) is 1. The van der Waals surface area contributed by atoms with Gasteiger partial charge < -0.3 is 14.6 Å². The minimum Gasteiger partial charge on any atom is -0.463 e. The number of aliphatic hydroxyl groups is 1. The van der Waals surface area contributed by atoms with Gasteiger partial charge in [-0.05, 0) is 30.5 Å². The highest BCUT2D eigenvalue weighted by Gasteiger charge is 2.34. The number of aliphatic hydroxyl groups excluding tert-OH is 1. The van der Waals surface area contributed by atoms with Crippen molar-refractivity contribution >= 4 is 33.5 Å². The molecule has 1 fully saturated rings. The van der Waals surface area contributed by atoms with Crippen LogP contribution in [0.25, 0.3) is 0 Å². The second-order valence-corrected chi connectivity index (χ2v) is 7.30. The maximum atomic E-state index is 11.8. The Morgan fingerprint density at radius 1 is 1.52 bits per heavy atom. The quantitative estimate of drug-likeness (QED) is 0.323. The largest absolute Gasteiger partial charge is 0.463 e. The van der Waals surface area contributed by atoms with Crippen LogP contribution in [-0.4, -0.2) is 53.9 Å². The van der Waals surface area contributed by atoms with E-state index in [9.17, 15) is 9.90 Å². The van der Waals surface area contributed by atoms with Crippen molar-refractivity contribution in [3.8, 4) is 0 Å². The van der Waals surface area contributed by atoms with E-state index in [1.165, 1.54) is 13.2 Å². The van der Waals surface area contributed by atoms with Crippen LogP contribution in [0.1, 0.15) is 24.9 Å². The SMILES string of the molecule is CCOC(=O)C=C1CN(C(c2ccccc2Cl)C(O)OC)CCC1Br. The van der Waals surface area contributed by atoms with Gasteiger partial charge in [-0.25, -0.2) is 4.79 Å². The van der Waals surface area contributed by atoms with Gasteiger partial charge in [0.05, 0.1) is 12.6 Å². The number of piperidine rings is 1. The zero-order chi connectivity index (χ0) is 18.4. The van der Waals surface area contributed by atoms with Crippen molar-refractivity contribution in [2.24, 2.45) is 0 Å². The lowest BCUT2D eigenvalue weighted by atomic mass is 9.98. The number of hydrogen-bond acceptors (Lipinski definition) is 5. The smallest absolute Gasteiger partial charge is 0.330 e. The Morgan fingerprint density at radius 2 is 2.24 bits per heavy atom. The van der Waals surface area contributed by atoms with Crippen LogP contribution < -0.4 is 0 Å². The van der Waals surface area contributed by atoms with Crippen LogP contribution in [-0.2, 0) is 14.3 Å². The third kappa shape index (κ3) is 5.28. The van der Waals surface area contributed by atoms with Crippen molar-refractivity contribution in [2.75, 3.05) is 26.8 Å². The molecular formula is C18H23BrClNO4. The van der Waals surface area contributed by atoms with Crippen molar-refractivity contribution in [1.29, 1.82) is 0 Å². The van der Waals surface area contributed by atoms with Crippen molar-refractivity contribution in [2.45, 2.75) is 30.5 Å². The van der Waals surface area contributed by atoms with Crippen LogP contribution in [0.4, 0.5) is 0 Å². The number of likely N-dealkylation sites (tertiary alicyclic amines) is 1. The predicted molar refractivity (Wildman–Crippen MR) is 101 cm³/mol. The normalized spacial score (nSPS) is 22.6. The number of methoxy groups -OCH3 is 1. The number of carbonyl (C=O) groups is 1. The van der Waals surface area contributed by atoms with Crippen LogP contribution in [0.5, 0.6) is 0 Å². The highest BCUT2D eigenvalue weighted by molar-refractivity contribution is 9.09. The second-order valence-electron chi connectivity index (χ2n) is 5.79. The molecule has 25 heavy (non-hydrogen) atoms. The van der Waals surface area contributed by atoms with E-state index in [0.29, 0.717) is 18.2 Å². The first kappa shape index (κ1) is 20.4. The zero-order valence-electron chi connectivity index (χ0n) is 14.3. The molecule has 0 radical (unpaired) electrons. The summed E-state index contributed by atoms with van der Waals surface area (Å²) in [7, 11) is 1.46. The lowest BCUT2D eigenvalue weighted by molar-refractivity contribution is -0.137. The monoisotopic (exact) mass is 431 g/mol. The van der Waals surface area contributed by atoms with Crippen LogP contribution in [0.2, 0.25) is 5.02 Å². The molecule has 1 aromatic carbocycles. The molecule has 0 aliphatic carbocycles. The van der Waals surface area contributed by atoms with Crippen molar-refractivity contribution in [1.82, 2.24) is 4.90 Å². The van der Waals surface area contributed by atoms with Crippen LogP contribution >= 0.6 is 27.5 Å². The minimum absolute atomic E-state index is 0.0970. The van der Waals surface area contributed by atoms with E-state index in [1.807, 2.05) is 18.2 Å². The van der Waals surface area contributed by atoms with E-state index in [4.69, 9.17) is 21.1 Å². The van der Waals surface area contributed by atoms with Crippen molar-refractivity contribution in [3.05, 3.63) is 46.5 Å². The molecule has 1 aliphatic heterocycles. The van der Waals surface area contributed by atoms with Gasteiger partial charge in [-0.3, -0.25) is 4.90 Å². The molecule has 3 atom stereocenters. The third-order valence-corrected chi connectivity index (χ3v) is 5.57. The zero-order valence-corrected chi connectivity index (χ0v) is 16.7. The maximum Gasteiger partial charge on any atom is 0.330 e. The molecular weight excluding hydrogens is 410 g/mol. The average molecular weight is 433 g/mol. The van der Waals surface area contributed by atoms with Crippen LogP contribution in [0.3, 0.4) is 0 Å². The molecule has 5 nitrogen and oxygen atoms in total. The molecule has 0 bridgehead atoms. The fourth-order valence-electron chi connectivity index (χ4n) is 2.96. The highest BCUT2D eigenvalue weighted by atomic mass is 79.9. The van der Waals surface area contributed by atoms with Crippen molar-refractivity contribution in [3.63, 3.8) is 0 Å². The summed E-state index contributed by atoms with van der Waals surface area (Å²) in [5, 5.41) is 11.0. The lowest BCUT2D eigenvalue weighted by Gasteiger charge is -2.39. The van der Waals surface area contributed by atoms with Gasteiger partial charge in [0.1, 0.15) is 0 Å². The molecule has 0 amide bonds. The second kappa shape index (κ2) is 9.69. The maximum absolute atomic E-state index is 11.8. The predicted octanol–water partition coefficient (Wildman–Crippen LogP) is 3.30. The third-order valence-electron chi connectivity index (χ3n) is 4.18. The Hall–Kier alpha value is -0.920. The van der Waals surface area contributed by atoms with E-state index >= 15 is 0 Å². The highest BCUT2D eigenvalue weighted by Crippen LogP contribution is 2.35. The molecule has 7 heteroatoms. The first-order valence-corrected chi connectivity index (χ1v) is 9.47.